The Bertz CT molecular complexity index is 389. The van der Waals surface area contributed by atoms with E-state index in [1.54, 1.807) is 0 Å². The third-order valence-electron chi connectivity index (χ3n) is 3.25. The highest BCUT2D eigenvalue weighted by Gasteiger charge is 2.33. The number of likely N-dealkylation sites (N-methyl/N-ethyl adjacent to an activating group) is 2. The Morgan fingerprint density at radius 3 is 2.24 bits per heavy atom. The molecule has 4 heteroatoms. The molecular weight excluding hydrogens is 325 g/mol. The first-order valence-electron chi connectivity index (χ1n) is 5.61. The van der Waals surface area contributed by atoms with Gasteiger partial charge < -0.3 is 24.0 Å². The molecule has 17 heavy (non-hydrogen) atoms. The van der Waals surface area contributed by atoms with Gasteiger partial charge in [-0.15, -0.1) is 5.01 Å². The van der Waals surface area contributed by atoms with Gasteiger partial charge in [-0.2, -0.15) is 0 Å². The van der Waals surface area contributed by atoms with Gasteiger partial charge in [0.15, 0.2) is 5.70 Å². The van der Waals surface area contributed by atoms with Crippen LogP contribution in [0.5, 0.6) is 0 Å². The Morgan fingerprint density at radius 1 is 1.18 bits per heavy atom. The number of rotatable bonds is 2. The predicted octanol–water partition coefficient (Wildman–Crippen LogP) is -2.71. The van der Waals surface area contributed by atoms with Crippen molar-refractivity contribution in [2.24, 2.45) is 0 Å². The van der Waals surface area contributed by atoms with Gasteiger partial charge in [0.05, 0.1) is 7.05 Å². The maximum absolute atomic E-state index is 2.32. The van der Waals surface area contributed by atoms with Crippen molar-refractivity contribution >= 4 is 5.70 Å². The van der Waals surface area contributed by atoms with Crippen molar-refractivity contribution in [2.45, 2.75) is 6.17 Å². The second-order valence-corrected chi connectivity index (χ2v) is 4.52. The normalized spacial score (nSPS) is 24.6. The lowest BCUT2D eigenvalue weighted by atomic mass is 10.1. The zero-order valence-electron chi connectivity index (χ0n) is 10.8. The minimum Gasteiger partial charge on any atom is -1.00 e. The first-order chi connectivity index (χ1) is 7.61. The lowest BCUT2D eigenvalue weighted by Gasteiger charge is -2.26. The molecule has 94 valence electrons. The summed E-state index contributed by atoms with van der Waals surface area (Å²) in [6.45, 7) is 0. The van der Waals surface area contributed by atoms with Crippen molar-refractivity contribution < 1.29 is 29.0 Å². The standard InChI is InChI=1S/C13H19N3.HI/c1-14(2)13-10-12(15(3)16(13)4)11-8-6-5-7-9-11;/h5-10,13H,1-4H3;1H. The first-order valence-corrected chi connectivity index (χ1v) is 5.61. The fraction of sp³-hybridized carbons (Fsp3) is 0.385. The van der Waals surface area contributed by atoms with Gasteiger partial charge in [-0.05, 0) is 26.2 Å². The quantitative estimate of drug-likeness (QED) is 0.585. The number of benzene rings is 1. The summed E-state index contributed by atoms with van der Waals surface area (Å²) >= 11 is 0. The molecule has 2 unspecified atom stereocenters. The van der Waals surface area contributed by atoms with E-state index in [4.69, 9.17) is 0 Å². The SMILES string of the molecule is CN(C)C1C=C(c2ccccc2)[NH+](C)N1C.[I-]. The molecule has 0 amide bonds. The highest BCUT2D eigenvalue weighted by Crippen LogP contribution is 2.15. The van der Waals surface area contributed by atoms with Crippen molar-refractivity contribution in [3.63, 3.8) is 0 Å². The van der Waals surface area contributed by atoms with Gasteiger partial charge in [-0.1, -0.05) is 18.2 Å². The van der Waals surface area contributed by atoms with Crippen LogP contribution in [0, 0.1) is 0 Å². The second-order valence-electron chi connectivity index (χ2n) is 4.52. The van der Waals surface area contributed by atoms with E-state index in [1.165, 1.54) is 16.3 Å². The van der Waals surface area contributed by atoms with E-state index in [2.05, 4.69) is 74.5 Å². The Labute approximate surface area is 121 Å². The number of halogens is 1. The summed E-state index contributed by atoms with van der Waals surface area (Å²) in [6, 6.07) is 10.6. The molecule has 1 N–H and O–H groups in total. The van der Waals surface area contributed by atoms with Crippen LogP contribution in [0.25, 0.3) is 5.70 Å². The number of nitrogens with one attached hydrogen (secondary N) is 1. The highest BCUT2D eigenvalue weighted by atomic mass is 127. The highest BCUT2D eigenvalue weighted by molar-refractivity contribution is 5.59. The molecular formula is C13H20IN3. The summed E-state index contributed by atoms with van der Waals surface area (Å²) in [5, 5.41) is 3.65. The summed E-state index contributed by atoms with van der Waals surface area (Å²) in [5.74, 6) is 0. The molecule has 1 aliphatic heterocycles. The van der Waals surface area contributed by atoms with Crippen LogP contribution in [0.2, 0.25) is 0 Å². The molecule has 0 radical (unpaired) electrons. The number of quaternary nitrogens is 1. The average Bonchev–Trinajstić information content (AvgIpc) is 2.58. The summed E-state index contributed by atoms with van der Waals surface area (Å²) < 4.78 is 0. The zero-order valence-corrected chi connectivity index (χ0v) is 13.0. The molecule has 0 aromatic heterocycles. The van der Waals surface area contributed by atoms with Crippen LogP contribution in [-0.4, -0.2) is 44.3 Å². The molecule has 0 saturated carbocycles. The van der Waals surface area contributed by atoms with E-state index in [0.29, 0.717) is 6.17 Å². The Kier molecular flexibility index (Phi) is 5.12. The number of hydrogen-bond donors (Lipinski definition) is 1. The van der Waals surface area contributed by atoms with Crippen LogP contribution in [0.3, 0.4) is 0 Å². The van der Waals surface area contributed by atoms with Crippen LogP contribution < -0.4 is 29.0 Å². The Balaban J connectivity index is 0.00000144. The maximum atomic E-state index is 2.32. The van der Waals surface area contributed by atoms with Gasteiger partial charge in [0.2, 0.25) is 0 Å². The zero-order chi connectivity index (χ0) is 11.7. The van der Waals surface area contributed by atoms with Crippen molar-refractivity contribution in [3.05, 3.63) is 42.0 Å². The number of nitrogens with zero attached hydrogens (tertiary/aromatic N) is 2. The molecule has 2 rings (SSSR count). The topological polar surface area (TPSA) is 10.9 Å². The van der Waals surface area contributed by atoms with Gasteiger partial charge >= 0.3 is 0 Å². The molecule has 1 aromatic rings. The van der Waals surface area contributed by atoms with Crippen LogP contribution in [0.4, 0.5) is 0 Å². The molecule has 1 aromatic carbocycles. The van der Waals surface area contributed by atoms with E-state index in [0.717, 1.165) is 0 Å². The minimum absolute atomic E-state index is 0. The van der Waals surface area contributed by atoms with Crippen molar-refractivity contribution in [1.29, 1.82) is 0 Å². The molecule has 1 aliphatic rings. The first kappa shape index (κ1) is 14.6. The molecule has 2 atom stereocenters. The minimum atomic E-state index is 0. The fourth-order valence-corrected chi connectivity index (χ4v) is 2.19. The van der Waals surface area contributed by atoms with E-state index in [1.807, 2.05) is 0 Å². The number of hydrogen-bond acceptors (Lipinski definition) is 2. The molecule has 0 spiro atoms. The van der Waals surface area contributed by atoms with Crippen LogP contribution in [-0.2, 0) is 0 Å². The molecule has 0 bridgehead atoms. The largest absolute Gasteiger partial charge is 1.00 e. The van der Waals surface area contributed by atoms with Crippen LogP contribution in [0.15, 0.2) is 36.4 Å². The van der Waals surface area contributed by atoms with Gasteiger partial charge in [0, 0.05) is 18.7 Å². The lowest BCUT2D eigenvalue weighted by Crippen LogP contribution is -3.11. The van der Waals surface area contributed by atoms with Crippen LogP contribution >= 0.6 is 0 Å². The van der Waals surface area contributed by atoms with Crippen molar-refractivity contribution in [3.8, 4) is 0 Å². The fourth-order valence-electron chi connectivity index (χ4n) is 2.19. The van der Waals surface area contributed by atoms with E-state index < -0.39 is 0 Å². The summed E-state index contributed by atoms with van der Waals surface area (Å²) in [5.41, 5.74) is 2.65. The third-order valence-corrected chi connectivity index (χ3v) is 3.25. The third kappa shape index (κ3) is 2.88. The van der Waals surface area contributed by atoms with E-state index >= 15 is 0 Å². The lowest BCUT2D eigenvalue weighted by molar-refractivity contribution is -0.929. The summed E-state index contributed by atoms with van der Waals surface area (Å²) in [7, 11) is 8.55. The van der Waals surface area contributed by atoms with Gasteiger partial charge in [-0.25, -0.2) is 5.01 Å². The van der Waals surface area contributed by atoms with Crippen molar-refractivity contribution in [1.82, 2.24) is 9.91 Å². The van der Waals surface area contributed by atoms with Gasteiger partial charge in [-0.3, -0.25) is 4.90 Å². The Hall–Kier alpha value is -0.430. The monoisotopic (exact) mass is 345 g/mol. The predicted molar refractivity (Wildman–Crippen MR) is 66.5 cm³/mol. The van der Waals surface area contributed by atoms with E-state index in [9.17, 15) is 0 Å². The maximum Gasteiger partial charge on any atom is 0.156 e. The molecule has 0 aliphatic carbocycles. The second kappa shape index (κ2) is 5.95. The molecule has 1 heterocycles. The summed E-state index contributed by atoms with van der Waals surface area (Å²) in [6.07, 6.45) is 2.69. The van der Waals surface area contributed by atoms with Gasteiger partial charge in [0.1, 0.15) is 6.17 Å². The van der Waals surface area contributed by atoms with Crippen molar-refractivity contribution in [2.75, 3.05) is 28.2 Å². The average molecular weight is 345 g/mol. The smallest absolute Gasteiger partial charge is 0.156 e. The summed E-state index contributed by atoms with van der Waals surface area (Å²) in [4.78, 5) is 2.22. The van der Waals surface area contributed by atoms with E-state index in [-0.39, 0.29) is 24.0 Å². The Morgan fingerprint density at radius 2 is 1.76 bits per heavy atom. The molecule has 0 fully saturated rings. The molecule has 3 nitrogen and oxygen atoms in total. The molecule has 0 saturated heterocycles. The van der Waals surface area contributed by atoms with Crippen LogP contribution in [0.1, 0.15) is 5.56 Å². The van der Waals surface area contributed by atoms with Gasteiger partial charge in [0.25, 0.3) is 0 Å².